The lowest BCUT2D eigenvalue weighted by Gasteiger charge is -2.31. The van der Waals surface area contributed by atoms with Crippen molar-refractivity contribution in [1.29, 1.82) is 0 Å². The molecule has 3 nitrogen and oxygen atoms in total. The van der Waals surface area contributed by atoms with Crippen LogP contribution in [0.4, 0.5) is 0 Å². The third-order valence-corrected chi connectivity index (χ3v) is 5.18. The molecule has 0 radical (unpaired) electrons. The third kappa shape index (κ3) is 1.33. The van der Waals surface area contributed by atoms with Gasteiger partial charge >= 0.3 is 0 Å². The number of amides is 1. The summed E-state index contributed by atoms with van der Waals surface area (Å²) < 4.78 is 0. The first-order valence-corrected chi connectivity index (χ1v) is 6.70. The number of nitrogens with one attached hydrogen (secondary N) is 1. The summed E-state index contributed by atoms with van der Waals surface area (Å²) in [7, 11) is 0. The van der Waals surface area contributed by atoms with Gasteiger partial charge in [0, 0.05) is 6.04 Å². The summed E-state index contributed by atoms with van der Waals surface area (Å²) in [5.41, 5.74) is -0.290. The van der Waals surface area contributed by atoms with Crippen molar-refractivity contribution in [2.45, 2.75) is 57.5 Å². The van der Waals surface area contributed by atoms with Crippen molar-refractivity contribution in [3.05, 3.63) is 0 Å². The Morgan fingerprint density at radius 3 is 2.75 bits per heavy atom. The molecule has 0 spiro atoms. The second kappa shape index (κ2) is 3.46. The van der Waals surface area contributed by atoms with E-state index in [1.54, 1.807) is 0 Å². The molecule has 1 amide bonds. The largest absolute Gasteiger partial charge is 0.325 e. The average Bonchev–Trinajstić information content (AvgIpc) is 2.96. The van der Waals surface area contributed by atoms with Crippen LogP contribution in [0.5, 0.6) is 0 Å². The first kappa shape index (κ1) is 10.6. The van der Waals surface area contributed by atoms with Crippen LogP contribution in [0.25, 0.3) is 0 Å². The van der Waals surface area contributed by atoms with E-state index in [1.807, 2.05) is 6.92 Å². The van der Waals surface area contributed by atoms with Crippen molar-refractivity contribution in [1.82, 2.24) is 10.2 Å². The van der Waals surface area contributed by atoms with Crippen LogP contribution < -0.4 is 5.32 Å². The first-order valence-electron chi connectivity index (χ1n) is 6.70. The van der Waals surface area contributed by atoms with Crippen LogP contribution >= 0.6 is 0 Å². The fraction of sp³-hybridized carbons (Fsp3) is 0.923. The summed E-state index contributed by atoms with van der Waals surface area (Å²) in [6, 6.07) is 0.548. The average molecular weight is 222 g/mol. The van der Waals surface area contributed by atoms with Crippen molar-refractivity contribution in [3.63, 3.8) is 0 Å². The van der Waals surface area contributed by atoms with E-state index in [9.17, 15) is 4.79 Å². The van der Waals surface area contributed by atoms with Crippen molar-refractivity contribution < 1.29 is 4.79 Å². The highest BCUT2D eigenvalue weighted by atomic mass is 16.2. The molecular formula is C13H22N2O. The molecule has 0 aromatic carbocycles. The summed E-state index contributed by atoms with van der Waals surface area (Å²) in [5, 5.41) is 3.40. The number of carbonyl (C=O) groups is 1. The van der Waals surface area contributed by atoms with Crippen molar-refractivity contribution in [3.8, 4) is 0 Å². The molecule has 3 fully saturated rings. The van der Waals surface area contributed by atoms with Gasteiger partial charge in [0.2, 0.25) is 5.91 Å². The van der Waals surface area contributed by atoms with Gasteiger partial charge in [-0.2, -0.15) is 0 Å². The molecule has 3 heteroatoms. The number of carbonyl (C=O) groups excluding carboxylic acids is 1. The molecule has 1 aliphatic heterocycles. The molecule has 2 saturated carbocycles. The van der Waals surface area contributed by atoms with Crippen LogP contribution in [0.2, 0.25) is 0 Å². The number of fused-ring (bicyclic) bond motifs is 2. The summed E-state index contributed by atoms with van der Waals surface area (Å²) in [6.07, 6.45) is 6.28. The Bertz CT molecular complexity index is 317. The van der Waals surface area contributed by atoms with E-state index in [2.05, 4.69) is 17.1 Å². The molecule has 1 saturated heterocycles. The van der Waals surface area contributed by atoms with Crippen molar-refractivity contribution >= 4 is 5.91 Å². The highest BCUT2D eigenvalue weighted by Crippen LogP contribution is 2.47. The molecule has 2 aliphatic carbocycles. The summed E-state index contributed by atoms with van der Waals surface area (Å²) >= 11 is 0. The molecule has 1 N–H and O–H groups in total. The van der Waals surface area contributed by atoms with Crippen molar-refractivity contribution in [2.75, 3.05) is 6.67 Å². The smallest absolute Gasteiger partial charge is 0.243 e. The second-order valence-electron chi connectivity index (χ2n) is 6.04. The van der Waals surface area contributed by atoms with Crippen LogP contribution in [-0.2, 0) is 4.79 Å². The molecule has 0 aromatic heterocycles. The first-order chi connectivity index (χ1) is 7.64. The van der Waals surface area contributed by atoms with Crippen LogP contribution in [0.3, 0.4) is 0 Å². The quantitative estimate of drug-likeness (QED) is 0.771. The van der Waals surface area contributed by atoms with Gasteiger partial charge in [-0.15, -0.1) is 0 Å². The Kier molecular flexibility index (Phi) is 2.29. The Morgan fingerprint density at radius 1 is 1.44 bits per heavy atom. The zero-order valence-corrected chi connectivity index (χ0v) is 10.3. The molecule has 1 heterocycles. The minimum Gasteiger partial charge on any atom is -0.325 e. The zero-order chi connectivity index (χ0) is 11.3. The fourth-order valence-corrected chi connectivity index (χ4v) is 3.86. The van der Waals surface area contributed by atoms with Crippen LogP contribution in [0.1, 0.15) is 46.0 Å². The van der Waals surface area contributed by atoms with Gasteiger partial charge in [-0.1, -0.05) is 13.3 Å². The lowest BCUT2D eigenvalue weighted by atomic mass is 9.92. The molecule has 0 aromatic rings. The number of hydrogen-bond donors (Lipinski definition) is 1. The van der Waals surface area contributed by atoms with Gasteiger partial charge in [0.05, 0.1) is 12.2 Å². The summed E-state index contributed by atoms with van der Waals surface area (Å²) in [4.78, 5) is 14.5. The van der Waals surface area contributed by atoms with Gasteiger partial charge in [0.1, 0.15) is 0 Å². The highest BCUT2D eigenvalue weighted by Gasteiger charge is 2.49. The third-order valence-electron chi connectivity index (χ3n) is 5.18. The fourth-order valence-electron chi connectivity index (χ4n) is 3.86. The van der Waals surface area contributed by atoms with Gasteiger partial charge in [0.15, 0.2) is 0 Å². The molecule has 4 unspecified atom stereocenters. The SMILES string of the molecule is CCC1(C)NCN(C2CC3CCC2C3)C1=O. The van der Waals surface area contributed by atoms with Gasteiger partial charge < -0.3 is 4.90 Å². The molecule has 4 atom stereocenters. The second-order valence-corrected chi connectivity index (χ2v) is 6.04. The van der Waals surface area contributed by atoms with Crippen LogP contribution in [-0.4, -0.2) is 29.1 Å². The Hall–Kier alpha value is -0.570. The van der Waals surface area contributed by atoms with Gasteiger partial charge in [-0.25, -0.2) is 0 Å². The molecule has 3 rings (SSSR count). The molecule has 16 heavy (non-hydrogen) atoms. The van der Waals surface area contributed by atoms with E-state index in [1.165, 1.54) is 25.7 Å². The number of nitrogens with zero attached hydrogens (tertiary/aromatic N) is 1. The summed E-state index contributed by atoms with van der Waals surface area (Å²) in [5.74, 6) is 2.05. The molecule has 90 valence electrons. The van der Waals surface area contributed by atoms with E-state index in [4.69, 9.17) is 0 Å². The van der Waals surface area contributed by atoms with E-state index in [0.717, 1.165) is 24.9 Å². The standard InChI is InChI=1S/C13H22N2O/c1-3-13(2)12(16)15(8-14-13)11-7-9-4-5-10(11)6-9/h9-11,14H,3-8H2,1-2H3. The van der Waals surface area contributed by atoms with Gasteiger partial charge in [-0.3, -0.25) is 10.1 Å². The van der Waals surface area contributed by atoms with E-state index >= 15 is 0 Å². The maximum absolute atomic E-state index is 12.4. The molecular weight excluding hydrogens is 200 g/mol. The topological polar surface area (TPSA) is 32.3 Å². The Balaban J connectivity index is 1.75. The lowest BCUT2D eigenvalue weighted by Crippen LogP contribution is -2.46. The maximum Gasteiger partial charge on any atom is 0.243 e. The minimum absolute atomic E-state index is 0.290. The number of hydrogen-bond acceptors (Lipinski definition) is 2. The Labute approximate surface area is 97.6 Å². The lowest BCUT2D eigenvalue weighted by molar-refractivity contribution is -0.134. The highest BCUT2D eigenvalue weighted by molar-refractivity contribution is 5.88. The van der Waals surface area contributed by atoms with Crippen molar-refractivity contribution in [2.24, 2.45) is 11.8 Å². The van der Waals surface area contributed by atoms with Gasteiger partial charge in [0.25, 0.3) is 0 Å². The van der Waals surface area contributed by atoms with E-state index in [0.29, 0.717) is 11.9 Å². The van der Waals surface area contributed by atoms with Gasteiger partial charge in [-0.05, 0) is 44.4 Å². The summed E-state index contributed by atoms with van der Waals surface area (Å²) in [6.45, 7) is 4.91. The normalized spacial score (nSPS) is 47.0. The predicted molar refractivity (Wildman–Crippen MR) is 62.8 cm³/mol. The molecule has 2 bridgehead atoms. The zero-order valence-electron chi connectivity index (χ0n) is 10.3. The van der Waals surface area contributed by atoms with E-state index in [-0.39, 0.29) is 5.54 Å². The number of rotatable bonds is 2. The van der Waals surface area contributed by atoms with Crippen LogP contribution in [0, 0.1) is 11.8 Å². The van der Waals surface area contributed by atoms with Crippen LogP contribution in [0.15, 0.2) is 0 Å². The predicted octanol–water partition coefficient (Wildman–Crippen LogP) is 1.73. The van der Waals surface area contributed by atoms with E-state index < -0.39 is 0 Å². The Morgan fingerprint density at radius 2 is 2.25 bits per heavy atom. The minimum atomic E-state index is -0.290. The maximum atomic E-state index is 12.4. The monoisotopic (exact) mass is 222 g/mol. The molecule has 3 aliphatic rings.